The van der Waals surface area contributed by atoms with E-state index in [9.17, 15) is 19.8 Å². The number of unbranched alkanes of at least 4 members (excludes halogenated alkanes) is 1. The van der Waals surface area contributed by atoms with Crippen molar-refractivity contribution in [3.63, 3.8) is 0 Å². The number of ketones is 2. The van der Waals surface area contributed by atoms with Crippen molar-refractivity contribution >= 4 is 11.6 Å². The Morgan fingerprint density at radius 3 is 2.30 bits per heavy atom. The van der Waals surface area contributed by atoms with Crippen LogP contribution in [0.25, 0.3) is 0 Å². The SMILES string of the molecule is CNN[C@@H](CCCCNCC(=O)C(O)C(O)C(O)CO)C(C)=O. The van der Waals surface area contributed by atoms with Gasteiger partial charge >= 0.3 is 0 Å². The summed E-state index contributed by atoms with van der Waals surface area (Å²) in [5.41, 5.74) is 5.59. The van der Waals surface area contributed by atoms with Gasteiger partial charge in [-0.1, -0.05) is 6.42 Å². The number of Topliss-reactive ketones (excluding diaryl/α,β-unsaturated/α-hetero) is 2. The van der Waals surface area contributed by atoms with Crippen LogP contribution in [-0.4, -0.2) is 83.1 Å². The average molecular weight is 335 g/mol. The highest BCUT2D eigenvalue weighted by Crippen LogP contribution is 2.02. The Morgan fingerprint density at radius 1 is 1.13 bits per heavy atom. The zero-order valence-corrected chi connectivity index (χ0v) is 13.7. The maximum absolute atomic E-state index is 11.6. The topological polar surface area (TPSA) is 151 Å². The molecule has 23 heavy (non-hydrogen) atoms. The van der Waals surface area contributed by atoms with E-state index >= 15 is 0 Å². The fraction of sp³-hybridized carbons (Fsp3) is 0.857. The number of rotatable bonds is 14. The van der Waals surface area contributed by atoms with Crippen LogP contribution >= 0.6 is 0 Å². The second-order valence-corrected chi connectivity index (χ2v) is 5.38. The fourth-order valence-electron chi connectivity index (χ4n) is 1.97. The van der Waals surface area contributed by atoms with Crippen molar-refractivity contribution in [1.82, 2.24) is 16.2 Å². The number of nitrogens with one attached hydrogen (secondary N) is 3. The number of hydrogen-bond donors (Lipinski definition) is 7. The molecule has 0 saturated carbocycles. The molecule has 7 N–H and O–H groups in total. The number of aliphatic hydroxyl groups excluding tert-OH is 4. The lowest BCUT2D eigenvalue weighted by Gasteiger charge is -2.20. The van der Waals surface area contributed by atoms with E-state index in [-0.39, 0.29) is 18.4 Å². The number of hydrogen-bond acceptors (Lipinski definition) is 9. The minimum atomic E-state index is -1.74. The molecular weight excluding hydrogens is 306 g/mol. The Hall–Kier alpha value is -0.940. The third kappa shape index (κ3) is 9.06. The molecule has 9 heteroatoms. The quantitative estimate of drug-likeness (QED) is 0.131. The van der Waals surface area contributed by atoms with Gasteiger partial charge in [0.25, 0.3) is 0 Å². The molecule has 0 aromatic heterocycles. The van der Waals surface area contributed by atoms with Gasteiger partial charge in [0.2, 0.25) is 0 Å². The number of carbonyl (C=O) groups is 2. The van der Waals surface area contributed by atoms with Crippen molar-refractivity contribution in [3.05, 3.63) is 0 Å². The van der Waals surface area contributed by atoms with Gasteiger partial charge < -0.3 is 25.7 Å². The van der Waals surface area contributed by atoms with Gasteiger partial charge in [0.1, 0.15) is 24.1 Å². The lowest BCUT2D eigenvalue weighted by atomic mass is 10.0. The average Bonchev–Trinajstić information content (AvgIpc) is 2.54. The second kappa shape index (κ2) is 12.5. The standard InChI is InChI=1S/C14H29N3O6/c1-9(19)10(17-15-2)5-3-4-6-16-7-11(20)13(22)14(23)12(21)8-18/h10,12-18,21-23H,3-8H2,1-2H3/t10-,12?,13?,14?/m0/s1. The van der Waals surface area contributed by atoms with Crippen molar-refractivity contribution < 1.29 is 30.0 Å². The summed E-state index contributed by atoms with van der Waals surface area (Å²) in [5.74, 6) is -0.620. The van der Waals surface area contributed by atoms with Crippen molar-refractivity contribution in [3.8, 4) is 0 Å². The Morgan fingerprint density at radius 2 is 1.78 bits per heavy atom. The monoisotopic (exact) mass is 335 g/mol. The van der Waals surface area contributed by atoms with Crippen LogP contribution in [-0.2, 0) is 9.59 Å². The van der Waals surface area contributed by atoms with Gasteiger partial charge in [-0.2, -0.15) is 0 Å². The summed E-state index contributed by atoms with van der Waals surface area (Å²) in [5, 5.41) is 39.6. The van der Waals surface area contributed by atoms with Crippen molar-refractivity contribution in [2.75, 3.05) is 26.7 Å². The highest BCUT2D eigenvalue weighted by Gasteiger charge is 2.29. The van der Waals surface area contributed by atoms with Gasteiger partial charge in [-0.25, -0.2) is 5.43 Å². The molecule has 0 rings (SSSR count). The third-order valence-corrected chi connectivity index (χ3v) is 3.44. The van der Waals surface area contributed by atoms with Crippen molar-refractivity contribution in [1.29, 1.82) is 0 Å². The second-order valence-electron chi connectivity index (χ2n) is 5.38. The summed E-state index contributed by atoms with van der Waals surface area (Å²) in [6.07, 6.45) is -2.84. The van der Waals surface area contributed by atoms with Crippen LogP contribution in [0.3, 0.4) is 0 Å². The summed E-state index contributed by atoms with van der Waals surface area (Å²) < 4.78 is 0. The van der Waals surface area contributed by atoms with Crippen LogP contribution in [0.1, 0.15) is 26.2 Å². The number of carbonyl (C=O) groups excluding carboxylic acids is 2. The summed E-state index contributed by atoms with van der Waals surface area (Å²) in [6.45, 7) is 1.14. The van der Waals surface area contributed by atoms with Crippen molar-refractivity contribution in [2.24, 2.45) is 0 Å². The maximum Gasteiger partial charge on any atom is 0.177 e. The van der Waals surface area contributed by atoms with Crippen LogP contribution in [0.4, 0.5) is 0 Å². The summed E-state index contributed by atoms with van der Waals surface area (Å²) in [4.78, 5) is 22.9. The van der Waals surface area contributed by atoms with Gasteiger partial charge in [0, 0.05) is 0 Å². The van der Waals surface area contributed by atoms with Gasteiger partial charge in [-0.15, -0.1) is 0 Å². The first-order valence-electron chi connectivity index (χ1n) is 7.66. The molecule has 3 unspecified atom stereocenters. The molecular formula is C14H29N3O6. The fourth-order valence-corrected chi connectivity index (χ4v) is 1.97. The van der Waals surface area contributed by atoms with Crippen LogP contribution in [0, 0.1) is 0 Å². The van der Waals surface area contributed by atoms with E-state index in [2.05, 4.69) is 16.2 Å². The van der Waals surface area contributed by atoms with Crippen LogP contribution in [0.5, 0.6) is 0 Å². The number of aliphatic hydroxyl groups is 4. The molecule has 0 saturated heterocycles. The Kier molecular flexibility index (Phi) is 12.0. The first-order chi connectivity index (χ1) is 10.8. The predicted molar refractivity (Wildman–Crippen MR) is 83.5 cm³/mol. The molecule has 0 aliphatic carbocycles. The van der Waals surface area contributed by atoms with Crippen LogP contribution < -0.4 is 16.2 Å². The van der Waals surface area contributed by atoms with Crippen molar-refractivity contribution in [2.45, 2.75) is 50.5 Å². The zero-order chi connectivity index (χ0) is 17.8. The molecule has 0 amide bonds. The van der Waals surface area contributed by atoms with Gasteiger partial charge in [0.05, 0.1) is 19.2 Å². The lowest BCUT2D eigenvalue weighted by molar-refractivity contribution is -0.139. The minimum absolute atomic E-state index is 0.0436. The molecule has 0 radical (unpaired) electrons. The van der Waals surface area contributed by atoms with Gasteiger partial charge in [-0.05, 0) is 33.4 Å². The lowest BCUT2D eigenvalue weighted by Crippen LogP contribution is -2.46. The van der Waals surface area contributed by atoms with Crippen LogP contribution in [0.15, 0.2) is 0 Å². The highest BCUT2D eigenvalue weighted by molar-refractivity contribution is 5.85. The first-order valence-corrected chi connectivity index (χ1v) is 7.66. The molecule has 0 aromatic rings. The zero-order valence-electron chi connectivity index (χ0n) is 13.7. The third-order valence-electron chi connectivity index (χ3n) is 3.44. The van der Waals surface area contributed by atoms with E-state index in [4.69, 9.17) is 10.2 Å². The Balaban J connectivity index is 3.86. The molecule has 0 bridgehead atoms. The molecule has 9 nitrogen and oxygen atoms in total. The maximum atomic E-state index is 11.6. The number of hydrazine groups is 1. The molecule has 0 fully saturated rings. The molecule has 136 valence electrons. The van der Waals surface area contributed by atoms with E-state index < -0.39 is 30.7 Å². The minimum Gasteiger partial charge on any atom is -0.394 e. The molecule has 0 heterocycles. The summed E-state index contributed by atoms with van der Waals surface area (Å²) in [6, 6.07) is -0.251. The first kappa shape index (κ1) is 22.1. The van der Waals surface area contributed by atoms with Gasteiger partial charge in [-0.3, -0.25) is 15.0 Å². The van der Waals surface area contributed by atoms with E-state index in [1.165, 1.54) is 6.92 Å². The molecule has 4 atom stereocenters. The Labute approximate surface area is 136 Å². The molecule has 0 spiro atoms. The summed E-state index contributed by atoms with van der Waals surface area (Å²) >= 11 is 0. The van der Waals surface area contributed by atoms with Crippen LogP contribution in [0.2, 0.25) is 0 Å². The highest BCUT2D eigenvalue weighted by atomic mass is 16.4. The largest absolute Gasteiger partial charge is 0.394 e. The van der Waals surface area contributed by atoms with E-state index in [1.807, 2.05) is 0 Å². The predicted octanol–water partition coefficient (Wildman–Crippen LogP) is -2.93. The molecule has 0 aliphatic heterocycles. The van der Waals surface area contributed by atoms with E-state index in [0.29, 0.717) is 13.0 Å². The Bertz CT molecular complexity index is 355. The van der Waals surface area contributed by atoms with E-state index in [1.54, 1.807) is 7.05 Å². The molecule has 0 aromatic carbocycles. The van der Waals surface area contributed by atoms with Gasteiger partial charge in [0.15, 0.2) is 5.78 Å². The van der Waals surface area contributed by atoms with E-state index in [0.717, 1.165) is 12.8 Å². The summed E-state index contributed by atoms with van der Waals surface area (Å²) in [7, 11) is 1.69. The smallest absolute Gasteiger partial charge is 0.177 e. The molecule has 0 aliphatic rings. The normalized spacial score (nSPS) is 16.6.